The van der Waals surface area contributed by atoms with Crippen LogP contribution in [0.25, 0.3) is 11.1 Å². The molecule has 10 heteroatoms. The molecule has 0 bridgehead atoms. The van der Waals surface area contributed by atoms with E-state index in [-0.39, 0.29) is 11.4 Å². The molecule has 2 amide bonds. The smallest absolute Gasteiger partial charge is 0.320 e. The summed E-state index contributed by atoms with van der Waals surface area (Å²) >= 11 is 0. The highest BCUT2D eigenvalue weighted by atomic mass is 32.2. The topological polar surface area (TPSA) is 92.5 Å². The Kier molecular flexibility index (Phi) is 9.71. The number of nitrogens with zero attached hydrogens (tertiary/aromatic N) is 1. The Bertz CT molecular complexity index is 1310. The number of rotatable bonds is 11. The van der Waals surface area contributed by atoms with Gasteiger partial charge in [-0.3, -0.25) is 0 Å². The number of hydrogen-bond donors (Lipinski definition) is 2. The van der Waals surface area contributed by atoms with Gasteiger partial charge in [-0.1, -0.05) is 75.1 Å². The van der Waals surface area contributed by atoms with Gasteiger partial charge in [0.25, 0.3) is 0 Å². The molecule has 0 saturated heterocycles. The zero-order valence-corrected chi connectivity index (χ0v) is 21.3. The number of sulfonamides is 1. The average Bonchev–Trinajstić information content (AvgIpc) is 2.85. The van der Waals surface area contributed by atoms with Crippen LogP contribution >= 0.6 is 0 Å². The minimum absolute atomic E-state index is 0.000755. The summed E-state index contributed by atoms with van der Waals surface area (Å²) in [5.41, 5.74) is 1.08. The second kappa shape index (κ2) is 12.7. The number of hydrogen-bond acceptors (Lipinski definition) is 3. The largest absolute Gasteiger partial charge is 0.322 e. The predicted octanol–water partition coefficient (Wildman–Crippen LogP) is 6.42. The monoisotopic (exact) mass is 533 g/mol. The highest BCUT2D eigenvalue weighted by Gasteiger charge is 2.20. The van der Waals surface area contributed by atoms with Crippen molar-refractivity contribution in [3.63, 3.8) is 0 Å². The highest BCUT2D eigenvalue weighted by Crippen LogP contribution is 2.27. The van der Waals surface area contributed by atoms with Crippen LogP contribution in [-0.2, 0) is 16.6 Å². The number of benzene rings is 3. The van der Waals surface area contributed by atoms with Crippen LogP contribution in [0, 0.1) is 17.5 Å². The fourth-order valence-corrected chi connectivity index (χ4v) is 4.73. The Morgan fingerprint density at radius 3 is 2.16 bits per heavy atom. The summed E-state index contributed by atoms with van der Waals surface area (Å²) in [5, 5.41) is 7.57. The number of carbonyl (C=O) groups is 1. The van der Waals surface area contributed by atoms with Gasteiger partial charge in [0.1, 0.15) is 11.5 Å². The number of primary sulfonamides is 1. The van der Waals surface area contributed by atoms with E-state index in [0.29, 0.717) is 36.2 Å². The zero-order chi connectivity index (χ0) is 27.0. The van der Waals surface area contributed by atoms with Crippen LogP contribution in [0.15, 0.2) is 65.6 Å². The highest BCUT2D eigenvalue weighted by molar-refractivity contribution is 7.89. The lowest BCUT2D eigenvalue weighted by molar-refractivity contribution is 0.207. The third-order valence-electron chi connectivity index (χ3n) is 5.89. The first-order chi connectivity index (χ1) is 17.6. The first-order valence-electron chi connectivity index (χ1n) is 12.0. The second-order valence-corrected chi connectivity index (χ2v) is 10.3. The Balaban J connectivity index is 1.80. The van der Waals surface area contributed by atoms with Crippen LogP contribution in [0.3, 0.4) is 0 Å². The standard InChI is InChI=1S/C27H30F3N3O3S/c1-2-3-4-5-8-15-33(27(34)32-26-23(29)16-21(28)17-24(26)30)18-19-11-13-20(14-12-19)22-9-6-7-10-25(22)37(31,35)36/h6-7,9-14,16-17H,2-5,8,15,18H2,1H3,(H,32,34)(H2,31,35,36). The van der Waals surface area contributed by atoms with E-state index in [2.05, 4.69) is 12.2 Å². The van der Waals surface area contributed by atoms with E-state index < -0.39 is 39.2 Å². The van der Waals surface area contributed by atoms with Crippen molar-refractivity contribution in [2.45, 2.75) is 50.5 Å². The molecule has 0 spiro atoms. The minimum atomic E-state index is -3.92. The molecule has 0 aliphatic heterocycles. The maximum Gasteiger partial charge on any atom is 0.322 e. The molecular formula is C27H30F3N3O3S. The molecule has 37 heavy (non-hydrogen) atoms. The summed E-state index contributed by atoms with van der Waals surface area (Å²) in [5.74, 6) is -3.48. The lowest BCUT2D eigenvalue weighted by Crippen LogP contribution is -2.35. The van der Waals surface area contributed by atoms with Crippen LogP contribution in [0.1, 0.15) is 44.6 Å². The fourth-order valence-electron chi connectivity index (χ4n) is 3.97. The number of nitrogens with two attached hydrogens (primary N) is 1. The third-order valence-corrected chi connectivity index (χ3v) is 6.86. The lowest BCUT2D eigenvalue weighted by atomic mass is 10.0. The quantitative estimate of drug-likeness (QED) is 0.279. The fraction of sp³-hybridized carbons (Fsp3) is 0.296. The van der Waals surface area contributed by atoms with Crippen molar-refractivity contribution in [3.8, 4) is 11.1 Å². The summed E-state index contributed by atoms with van der Waals surface area (Å²) < 4.78 is 65.4. The van der Waals surface area contributed by atoms with Gasteiger partial charge in [-0.15, -0.1) is 0 Å². The zero-order valence-electron chi connectivity index (χ0n) is 20.5. The minimum Gasteiger partial charge on any atom is -0.320 e. The maximum absolute atomic E-state index is 14.1. The molecule has 3 rings (SSSR count). The predicted molar refractivity (Wildman–Crippen MR) is 138 cm³/mol. The second-order valence-electron chi connectivity index (χ2n) is 8.75. The van der Waals surface area contributed by atoms with Gasteiger partial charge < -0.3 is 10.2 Å². The Morgan fingerprint density at radius 1 is 0.919 bits per heavy atom. The van der Waals surface area contributed by atoms with Crippen molar-refractivity contribution in [2.24, 2.45) is 5.14 Å². The van der Waals surface area contributed by atoms with Gasteiger partial charge >= 0.3 is 6.03 Å². The van der Waals surface area contributed by atoms with Crippen molar-refractivity contribution >= 4 is 21.7 Å². The van der Waals surface area contributed by atoms with Crippen molar-refractivity contribution in [3.05, 3.63) is 83.7 Å². The lowest BCUT2D eigenvalue weighted by Gasteiger charge is -2.24. The van der Waals surface area contributed by atoms with E-state index in [1.54, 1.807) is 42.5 Å². The van der Waals surface area contributed by atoms with Gasteiger partial charge in [0, 0.05) is 30.8 Å². The summed E-state index contributed by atoms with van der Waals surface area (Å²) in [7, 11) is -3.92. The first-order valence-corrected chi connectivity index (χ1v) is 13.6. The number of urea groups is 1. The number of unbranched alkanes of at least 4 members (excludes halogenated alkanes) is 4. The maximum atomic E-state index is 14.1. The van der Waals surface area contributed by atoms with E-state index in [9.17, 15) is 26.4 Å². The SMILES string of the molecule is CCCCCCCN(Cc1ccc(-c2ccccc2S(N)(=O)=O)cc1)C(=O)Nc1c(F)cc(F)cc1F. The molecular weight excluding hydrogens is 503 g/mol. The summed E-state index contributed by atoms with van der Waals surface area (Å²) in [6, 6.07) is 13.6. The van der Waals surface area contributed by atoms with Gasteiger partial charge in [-0.2, -0.15) is 0 Å². The van der Waals surface area contributed by atoms with Gasteiger partial charge in [-0.25, -0.2) is 31.5 Å². The molecule has 0 fully saturated rings. The van der Waals surface area contributed by atoms with Gasteiger partial charge in [0.05, 0.1) is 4.90 Å². The van der Waals surface area contributed by atoms with E-state index in [4.69, 9.17) is 5.14 Å². The Hall–Kier alpha value is -3.37. The van der Waals surface area contributed by atoms with E-state index in [1.807, 2.05) is 0 Å². The molecule has 3 N–H and O–H groups in total. The molecule has 6 nitrogen and oxygen atoms in total. The summed E-state index contributed by atoms with van der Waals surface area (Å²) in [4.78, 5) is 14.4. The molecule has 3 aromatic carbocycles. The number of amides is 2. The van der Waals surface area contributed by atoms with Crippen LogP contribution in [0.2, 0.25) is 0 Å². The molecule has 0 saturated carbocycles. The third kappa shape index (κ3) is 7.80. The van der Waals surface area contributed by atoms with Crippen LogP contribution in [-0.4, -0.2) is 25.9 Å². The molecule has 0 heterocycles. The molecule has 3 aromatic rings. The van der Waals surface area contributed by atoms with Crippen molar-refractivity contribution in [1.29, 1.82) is 0 Å². The number of nitrogens with one attached hydrogen (secondary N) is 1. The Morgan fingerprint density at radius 2 is 1.54 bits per heavy atom. The van der Waals surface area contributed by atoms with E-state index >= 15 is 0 Å². The first kappa shape index (κ1) is 28.2. The molecule has 0 unspecified atom stereocenters. The number of anilines is 1. The van der Waals surface area contributed by atoms with E-state index in [0.717, 1.165) is 31.2 Å². The summed E-state index contributed by atoms with van der Waals surface area (Å²) in [6.07, 6.45) is 4.72. The van der Waals surface area contributed by atoms with E-state index in [1.165, 1.54) is 11.0 Å². The van der Waals surface area contributed by atoms with Crippen LogP contribution < -0.4 is 10.5 Å². The molecule has 0 radical (unpaired) electrons. The van der Waals surface area contributed by atoms with Gasteiger partial charge in [0.15, 0.2) is 11.6 Å². The van der Waals surface area contributed by atoms with Crippen molar-refractivity contribution in [2.75, 3.05) is 11.9 Å². The number of carbonyl (C=O) groups excluding carboxylic acids is 1. The molecule has 0 aliphatic carbocycles. The van der Waals surface area contributed by atoms with Crippen molar-refractivity contribution < 1.29 is 26.4 Å². The van der Waals surface area contributed by atoms with Crippen LogP contribution in [0.5, 0.6) is 0 Å². The normalized spacial score (nSPS) is 11.4. The van der Waals surface area contributed by atoms with Crippen molar-refractivity contribution in [1.82, 2.24) is 4.90 Å². The van der Waals surface area contributed by atoms with Gasteiger partial charge in [-0.05, 0) is 23.6 Å². The molecule has 0 aromatic heterocycles. The van der Waals surface area contributed by atoms with Gasteiger partial charge in [0.2, 0.25) is 10.0 Å². The molecule has 0 aliphatic rings. The van der Waals surface area contributed by atoms with Crippen LogP contribution in [0.4, 0.5) is 23.7 Å². The molecule has 198 valence electrons. The summed E-state index contributed by atoms with van der Waals surface area (Å²) in [6.45, 7) is 2.58. The Labute approximate surface area is 215 Å². The number of halogens is 3. The molecule has 0 atom stereocenters. The average molecular weight is 534 g/mol.